The Balaban J connectivity index is 2.89. The zero-order valence-corrected chi connectivity index (χ0v) is 11.3. The second kappa shape index (κ2) is 7.36. The number of esters is 1. The number of hydrogen-bond acceptors (Lipinski definition) is 4. The van der Waals surface area contributed by atoms with Gasteiger partial charge in [-0.05, 0) is 19.1 Å². The number of nitrogens with one attached hydrogen (secondary N) is 1. The van der Waals surface area contributed by atoms with Crippen LogP contribution in [0.2, 0.25) is 0 Å². The molecule has 0 heterocycles. The van der Waals surface area contributed by atoms with E-state index in [9.17, 15) is 9.59 Å². The van der Waals surface area contributed by atoms with Crippen molar-refractivity contribution in [2.24, 2.45) is 0 Å². The highest BCUT2D eigenvalue weighted by Crippen LogP contribution is 2.14. The van der Waals surface area contributed by atoms with Crippen LogP contribution in [0.5, 0.6) is 0 Å². The minimum absolute atomic E-state index is 0.151. The van der Waals surface area contributed by atoms with Gasteiger partial charge in [0.1, 0.15) is 0 Å². The molecule has 0 aliphatic rings. The van der Waals surface area contributed by atoms with E-state index in [1.54, 1.807) is 13.8 Å². The average Bonchev–Trinajstić information content (AvgIpc) is 2.44. The first-order chi connectivity index (χ1) is 9.10. The van der Waals surface area contributed by atoms with E-state index in [4.69, 9.17) is 4.74 Å². The van der Waals surface area contributed by atoms with Crippen LogP contribution in [0.15, 0.2) is 42.5 Å². The van der Waals surface area contributed by atoms with Crippen LogP contribution in [0, 0.1) is 0 Å². The van der Waals surface area contributed by atoms with Gasteiger partial charge in [0.2, 0.25) is 0 Å². The second-order valence-electron chi connectivity index (χ2n) is 4.00. The Hall–Kier alpha value is -2.10. The molecule has 4 nitrogen and oxygen atoms in total. The number of hydrogen-bond donors (Lipinski definition) is 1. The normalized spacial score (nSPS) is 11.5. The molecule has 19 heavy (non-hydrogen) atoms. The number of para-hydroxylation sites is 1. The van der Waals surface area contributed by atoms with E-state index in [0.29, 0.717) is 6.42 Å². The first kappa shape index (κ1) is 15.0. The van der Waals surface area contributed by atoms with Gasteiger partial charge in [0.25, 0.3) is 0 Å². The van der Waals surface area contributed by atoms with Gasteiger partial charge in [-0.3, -0.25) is 4.79 Å². The van der Waals surface area contributed by atoms with Crippen molar-refractivity contribution in [3.8, 4) is 0 Å². The van der Waals surface area contributed by atoms with Crippen molar-refractivity contribution in [3.05, 3.63) is 42.5 Å². The maximum Gasteiger partial charge on any atom is 0.333 e. The first-order valence-electron chi connectivity index (χ1n) is 6.30. The molecule has 0 aromatic heterocycles. The van der Waals surface area contributed by atoms with Crippen LogP contribution < -0.4 is 5.32 Å². The quantitative estimate of drug-likeness (QED) is 0.605. The standard InChI is InChI=1S/C15H19NO3/c1-4-13(17)11(3)14(15(18)19-5-2)16-12-9-7-6-8-10-12/h6-10,14,16H,3-5H2,1-2H3. The minimum atomic E-state index is -0.838. The lowest BCUT2D eigenvalue weighted by Gasteiger charge is -2.19. The molecule has 1 rings (SSSR count). The number of benzene rings is 1. The Morgan fingerprint density at radius 1 is 1.26 bits per heavy atom. The number of carbonyl (C=O) groups is 2. The molecule has 0 bridgehead atoms. The molecular weight excluding hydrogens is 242 g/mol. The van der Waals surface area contributed by atoms with Crippen LogP contribution >= 0.6 is 0 Å². The molecule has 1 aromatic rings. The van der Waals surface area contributed by atoms with Gasteiger partial charge in [-0.1, -0.05) is 31.7 Å². The van der Waals surface area contributed by atoms with Crippen molar-refractivity contribution < 1.29 is 14.3 Å². The van der Waals surface area contributed by atoms with Crippen molar-refractivity contribution >= 4 is 17.4 Å². The molecule has 0 amide bonds. The molecule has 1 N–H and O–H groups in total. The van der Waals surface area contributed by atoms with E-state index in [1.807, 2.05) is 30.3 Å². The van der Waals surface area contributed by atoms with Gasteiger partial charge in [0, 0.05) is 17.7 Å². The topological polar surface area (TPSA) is 55.4 Å². The predicted octanol–water partition coefficient (Wildman–Crippen LogP) is 2.57. The summed E-state index contributed by atoms with van der Waals surface area (Å²) < 4.78 is 4.98. The minimum Gasteiger partial charge on any atom is -0.464 e. The molecule has 0 aliphatic heterocycles. The van der Waals surface area contributed by atoms with Gasteiger partial charge in [-0.2, -0.15) is 0 Å². The molecule has 0 saturated heterocycles. The van der Waals surface area contributed by atoms with Crippen LogP contribution in [0.4, 0.5) is 5.69 Å². The molecule has 0 saturated carbocycles. The van der Waals surface area contributed by atoms with E-state index >= 15 is 0 Å². The molecule has 102 valence electrons. The average molecular weight is 261 g/mol. The summed E-state index contributed by atoms with van der Waals surface area (Å²) in [6.07, 6.45) is 0.311. The van der Waals surface area contributed by atoms with Crippen molar-refractivity contribution in [2.75, 3.05) is 11.9 Å². The molecule has 1 aromatic carbocycles. The number of rotatable bonds is 7. The Labute approximate surface area is 113 Å². The van der Waals surface area contributed by atoms with E-state index in [2.05, 4.69) is 11.9 Å². The fourth-order valence-electron chi connectivity index (χ4n) is 1.60. The third-order valence-electron chi connectivity index (χ3n) is 2.63. The largest absolute Gasteiger partial charge is 0.464 e. The fraction of sp³-hybridized carbons (Fsp3) is 0.333. The van der Waals surface area contributed by atoms with Crippen LogP contribution in [0.25, 0.3) is 0 Å². The van der Waals surface area contributed by atoms with E-state index in [0.717, 1.165) is 5.69 Å². The van der Waals surface area contributed by atoms with E-state index in [-0.39, 0.29) is 18.0 Å². The van der Waals surface area contributed by atoms with Crippen LogP contribution in [-0.4, -0.2) is 24.4 Å². The van der Waals surface area contributed by atoms with Crippen molar-refractivity contribution in [2.45, 2.75) is 26.3 Å². The summed E-state index contributed by atoms with van der Waals surface area (Å²) in [5, 5.41) is 2.98. The summed E-state index contributed by atoms with van der Waals surface area (Å²) in [4.78, 5) is 23.6. The van der Waals surface area contributed by atoms with Gasteiger partial charge < -0.3 is 10.1 Å². The van der Waals surface area contributed by atoms with Crippen molar-refractivity contribution in [1.82, 2.24) is 0 Å². The maximum absolute atomic E-state index is 11.9. The van der Waals surface area contributed by atoms with Gasteiger partial charge in [0.15, 0.2) is 11.8 Å². The lowest BCUT2D eigenvalue weighted by Crippen LogP contribution is -2.35. The Bertz CT molecular complexity index is 454. The third-order valence-corrected chi connectivity index (χ3v) is 2.63. The molecule has 0 radical (unpaired) electrons. The van der Waals surface area contributed by atoms with Crippen LogP contribution in [0.3, 0.4) is 0 Å². The van der Waals surface area contributed by atoms with E-state index < -0.39 is 12.0 Å². The van der Waals surface area contributed by atoms with E-state index in [1.165, 1.54) is 0 Å². The Morgan fingerprint density at radius 2 is 1.89 bits per heavy atom. The monoisotopic (exact) mass is 261 g/mol. The summed E-state index contributed by atoms with van der Waals surface area (Å²) in [5.74, 6) is -0.639. The number of carbonyl (C=O) groups excluding carboxylic acids is 2. The summed E-state index contributed by atoms with van der Waals surface area (Å²) in [5.41, 5.74) is 0.968. The molecule has 0 spiro atoms. The summed E-state index contributed by atoms with van der Waals surface area (Å²) >= 11 is 0. The molecule has 0 fully saturated rings. The molecule has 4 heteroatoms. The second-order valence-corrected chi connectivity index (χ2v) is 4.00. The summed E-state index contributed by atoms with van der Waals surface area (Å²) in [6, 6.07) is 8.35. The SMILES string of the molecule is C=C(C(=O)CC)C(Nc1ccccc1)C(=O)OCC. The zero-order chi connectivity index (χ0) is 14.3. The lowest BCUT2D eigenvalue weighted by atomic mass is 10.0. The number of ketones is 1. The highest BCUT2D eigenvalue weighted by atomic mass is 16.5. The van der Waals surface area contributed by atoms with Crippen LogP contribution in [0.1, 0.15) is 20.3 Å². The predicted molar refractivity (Wildman–Crippen MR) is 74.9 cm³/mol. The molecule has 1 atom stereocenters. The first-order valence-corrected chi connectivity index (χ1v) is 6.30. The molecule has 0 aliphatic carbocycles. The molecule has 1 unspecified atom stereocenters. The van der Waals surface area contributed by atoms with Gasteiger partial charge >= 0.3 is 5.97 Å². The highest BCUT2D eigenvalue weighted by molar-refractivity contribution is 6.02. The number of Topliss-reactive ketones (excluding diaryl/α,β-unsaturated/α-hetero) is 1. The Morgan fingerprint density at radius 3 is 2.42 bits per heavy atom. The van der Waals surface area contributed by atoms with Gasteiger partial charge in [0.05, 0.1) is 6.61 Å². The lowest BCUT2D eigenvalue weighted by molar-refractivity contribution is -0.143. The summed E-state index contributed by atoms with van der Waals surface area (Å²) in [6.45, 7) is 7.43. The smallest absolute Gasteiger partial charge is 0.333 e. The van der Waals surface area contributed by atoms with Gasteiger partial charge in [-0.15, -0.1) is 0 Å². The van der Waals surface area contributed by atoms with Crippen LogP contribution in [-0.2, 0) is 14.3 Å². The van der Waals surface area contributed by atoms with Gasteiger partial charge in [-0.25, -0.2) is 4.79 Å². The number of ether oxygens (including phenoxy) is 1. The molecular formula is C15H19NO3. The third kappa shape index (κ3) is 4.25. The fourth-order valence-corrected chi connectivity index (χ4v) is 1.60. The number of anilines is 1. The highest BCUT2D eigenvalue weighted by Gasteiger charge is 2.26. The zero-order valence-electron chi connectivity index (χ0n) is 11.3. The van der Waals surface area contributed by atoms with Crippen molar-refractivity contribution in [3.63, 3.8) is 0 Å². The van der Waals surface area contributed by atoms with Crippen molar-refractivity contribution in [1.29, 1.82) is 0 Å². The Kier molecular flexibility index (Phi) is 5.79. The maximum atomic E-state index is 11.9. The summed E-state index contributed by atoms with van der Waals surface area (Å²) in [7, 11) is 0.